The maximum atomic E-state index is 6.81. The van der Waals surface area contributed by atoms with Crippen LogP contribution in [-0.4, -0.2) is 4.57 Å². The van der Waals surface area contributed by atoms with Gasteiger partial charge in [0.2, 0.25) is 0 Å². The zero-order valence-electron chi connectivity index (χ0n) is 31.6. The predicted octanol–water partition coefficient (Wildman–Crippen LogP) is 15.3. The molecule has 11 aromatic rings. The lowest BCUT2D eigenvalue weighted by molar-refractivity contribution is 0.565. The SMILES string of the molecule is C1=CCc2oc3c(N(c4ccc5ccccc5c4)c4ccc(-c5cccc(-n6c7ccccc7c7ccc8ccccc8c76)c5)c5ccccc45)cccc3c2C=C1. The molecule has 0 saturated heterocycles. The van der Waals surface area contributed by atoms with Crippen LogP contribution in [0.3, 0.4) is 0 Å². The van der Waals surface area contributed by atoms with Crippen LogP contribution >= 0.6 is 0 Å². The molecule has 9 aromatic carbocycles. The van der Waals surface area contributed by atoms with Gasteiger partial charge in [-0.1, -0.05) is 164 Å². The molecule has 1 aliphatic carbocycles. The topological polar surface area (TPSA) is 21.3 Å². The molecule has 12 rings (SSSR count). The number of para-hydroxylation sites is 2. The lowest BCUT2D eigenvalue weighted by Gasteiger charge is -2.28. The zero-order chi connectivity index (χ0) is 38.2. The fourth-order valence-electron chi connectivity index (χ4n) is 9.35. The highest BCUT2D eigenvalue weighted by Crippen LogP contribution is 2.47. The monoisotopic (exact) mass is 740 g/mol. The van der Waals surface area contributed by atoms with Gasteiger partial charge in [0, 0.05) is 50.3 Å². The van der Waals surface area contributed by atoms with Crippen molar-refractivity contribution in [1.82, 2.24) is 4.57 Å². The van der Waals surface area contributed by atoms with E-state index in [0.717, 1.165) is 56.8 Å². The Labute approximate surface area is 335 Å². The van der Waals surface area contributed by atoms with E-state index in [-0.39, 0.29) is 0 Å². The molecule has 0 saturated carbocycles. The number of nitrogens with zero attached hydrogens (tertiary/aromatic N) is 2. The van der Waals surface area contributed by atoms with Gasteiger partial charge in [0.1, 0.15) is 5.76 Å². The Morgan fingerprint density at radius 3 is 2.14 bits per heavy atom. The molecule has 0 aliphatic heterocycles. The Balaban J connectivity index is 1.07. The van der Waals surface area contributed by atoms with Crippen LogP contribution in [0.4, 0.5) is 17.1 Å². The van der Waals surface area contributed by atoms with Crippen LogP contribution in [0.1, 0.15) is 11.3 Å². The highest BCUT2D eigenvalue weighted by Gasteiger charge is 2.24. The van der Waals surface area contributed by atoms with E-state index in [0.29, 0.717) is 0 Å². The van der Waals surface area contributed by atoms with Gasteiger partial charge in [0.05, 0.1) is 22.4 Å². The van der Waals surface area contributed by atoms with Crippen molar-refractivity contribution >= 4 is 88.2 Å². The van der Waals surface area contributed by atoms with Gasteiger partial charge in [0.25, 0.3) is 0 Å². The Hall–Kier alpha value is -7.62. The van der Waals surface area contributed by atoms with Crippen molar-refractivity contribution in [2.75, 3.05) is 4.90 Å². The Kier molecular flexibility index (Phi) is 7.29. The second kappa shape index (κ2) is 13.0. The number of rotatable bonds is 5. The first-order chi connectivity index (χ1) is 28.8. The van der Waals surface area contributed by atoms with Crippen LogP contribution in [0.5, 0.6) is 0 Å². The van der Waals surface area contributed by atoms with E-state index in [9.17, 15) is 0 Å². The van der Waals surface area contributed by atoms with E-state index in [4.69, 9.17) is 4.42 Å². The van der Waals surface area contributed by atoms with Gasteiger partial charge >= 0.3 is 0 Å². The predicted molar refractivity (Wildman–Crippen MR) is 245 cm³/mol. The lowest BCUT2D eigenvalue weighted by atomic mass is 9.95. The summed E-state index contributed by atoms with van der Waals surface area (Å²) in [6.45, 7) is 0. The van der Waals surface area contributed by atoms with Crippen LogP contribution in [-0.2, 0) is 6.42 Å². The van der Waals surface area contributed by atoms with Crippen LogP contribution in [0.25, 0.3) is 88.0 Å². The first-order valence-electron chi connectivity index (χ1n) is 20.0. The molecule has 0 fully saturated rings. The fourth-order valence-corrected chi connectivity index (χ4v) is 9.35. The molecule has 3 heteroatoms. The number of benzene rings is 9. The summed E-state index contributed by atoms with van der Waals surface area (Å²) >= 11 is 0. The molecule has 2 aromatic heterocycles. The molecule has 1 aliphatic rings. The Morgan fingerprint density at radius 1 is 0.483 bits per heavy atom. The molecule has 0 radical (unpaired) electrons. The third kappa shape index (κ3) is 5.00. The summed E-state index contributed by atoms with van der Waals surface area (Å²) in [5.41, 5.74) is 11.1. The van der Waals surface area contributed by atoms with Gasteiger partial charge in [-0.15, -0.1) is 0 Å². The van der Waals surface area contributed by atoms with E-state index in [1.54, 1.807) is 0 Å². The molecule has 0 spiro atoms. The van der Waals surface area contributed by atoms with Crippen molar-refractivity contribution in [2.24, 2.45) is 0 Å². The normalized spacial score (nSPS) is 12.6. The molecule has 3 nitrogen and oxygen atoms in total. The minimum atomic E-state index is 0.758. The van der Waals surface area contributed by atoms with Crippen LogP contribution in [0.2, 0.25) is 0 Å². The van der Waals surface area contributed by atoms with Gasteiger partial charge in [-0.25, -0.2) is 0 Å². The molecule has 0 bridgehead atoms. The standard InChI is InChI=1S/C55H36N2O/c1-2-23-47-49-24-13-26-52(55(49)58-53(47)27-3-1)56(41-30-28-36-14-4-5-16-38(36)34-41)51-33-32-42(44-20-8-9-21-45(44)51)39-17-12-18-40(35-39)57-50-25-11-10-22-46(50)48-31-29-37-15-6-7-19-43(37)54(48)57/h1-26,28-35H,27H2. The van der Waals surface area contributed by atoms with Gasteiger partial charge in [-0.2, -0.15) is 0 Å². The average molecular weight is 741 g/mol. The van der Waals surface area contributed by atoms with Gasteiger partial charge in [0.15, 0.2) is 5.58 Å². The highest BCUT2D eigenvalue weighted by atomic mass is 16.3. The first-order valence-corrected chi connectivity index (χ1v) is 20.0. The number of aromatic nitrogens is 1. The first kappa shape index (κ1) is 32.6. The Bertz CT molecular complexity index is 3510. The second-order valence-corrected chi connectivity index (χ2v) is 15.2. The van der Waals surface area contributed by atoms with Crippen molar-refractivity contribution in [2.45, 2.75) is 6.42 Å². The number of fused-ring (bicyclic) bond motifs is 10. The fraction of sp³-hybridized carbons (Fsp3) is 0.0182. The third-order valence-electron chi connectivity index (χ3n) is 12.0. The lowest BCUT2D eigenvalue weighted by Crippen LogP contribution is -2.11. The zero-order valence-corrected chi connectivity index (χ0v) is 31.6. The minimum Gasteiger partial charge on any atom is -0.458 e. The van der Waals surface area contributed by atoms with Crippen molar-refractivity contribution in [3.63, 3.8) is 0 Å². The molecule has 272 valence electrons. The number of furan rings is 1. The molecule has 0 atom stereocenters. The van der Waals surface area contributed by atoms with Gasteiger partial charge < -0.3 is 13.9 Å². The van der Waals surface area contributed by atoms with E-state index >= 15 is 0 Å². The number of allylic oxidation sites excluding steroid dienone is 3. The Morgan fingerprint density at radius 2 is 1.22 bits per heavy atom. The van der Waals surface area contributed by atoms with Crippen molar-refractivity contribution in [1.29, 1.82) is 0 Å². The van der Waals surface area contributed by atoms with Crippen molar-refractivity contribution in [3.05, 3.63) is 212 Å². The molecule has 2 heterocycles. The summed E-state index contributed by atoms with van der Waals surface area (Å²) in [6.07, 6.45) is 9.30. The smallest absolute Gasteiger partial charge is 0.158 e. The maximum Gasteiger partial charge on any atom is 0.158 e. The highest BCUT2D eigenvalue weighted by molar-refractivity contribution is 6.19. The van der Waals surface area contributed by atoms with E-state index in [2.05, 4.69) is 216 Å². The average Bonchev–Trinajstić information content (AvgIpc) is 3.72. The van der Waals surface area contributed by atoms with Gasteiger partial charge in [-0.05, 0) is 75.1 Å². The minimum absolute atomic E-state index is 0.758. The molecular weight excluding hydrogens is 705 g/mol. The molecule has 58 heavy (non-hydrogen) atoms. The molecular formula is C55H36N2O. The molecule has 0 unspecified atom stereocenters. The number of anilines is 3. The molecule has 0 N–H and O–H groups in total. The van der Waals surface area contributed by atoms with Crippen LogP contribution in [0, 0.1) is 0 Å². The van der Waals surface area contributed by atoms with E-state index in [1.165, 1.54) is 59.9 Å². The summed E-state index contributed by atoms with van der Waals surface area (Å²) in [7, 11) is 0. The van der Waals surface area contributed by atoms with Crippen LogP contribution < -0.4 is 4.90 Å². The summed E-state index contributed by atoms with van der Waals surface area (Å²) in [4.78, 5) is 2.39. The summed E-state index contributed by atoms with van der Waals surface area (Å²) < 4.78 is 9.26. The van der Waals surface area contributed by atoms with Crippen molar-refractivity contribution < 1.29 is 4.42 Å². The maximum absolute atomic E-state index is 6.81. The second-order valence-electron chi connectivity index (χ2n) is 15.2. The third-order valence-corrected chi connectivity index (χ3v) is 12.0. The number of hydrogen-bond donors (Lipinski definition) is 0. The summed E-state index contributed by atoms with van der Waals surface area (Å²) in [6, 6.07) is 66.4. The summed E-state index contributed by atoms with van der Waals surface area (Å²) in [5, 5.41) is 10.9. The quantitative estimate of drug-likeness (QED) is 0.175. The van der Waals surface area contributed by atoms with E-state index < -0.39 is 0 Å². The molecule has 0 amide bonds. The van der Waals surface area contributed by atoms with E-state index in [1.807, 2.05) is 0 Å². The number of hydrogen-bond acceptors (Lipinski definition) is 2. The van der Waals surface area contributed by atoms with Gasteiger partial charge in [-0.3, -0.25) is 0 Å². The van der Waals surface area contributed by atoms with Crippen molar-refractivity contribution in [3.8, 4) is 16.8 Å². The summed E-state index contributed by atoms with van der Waals surface area (Å²) in [5.74, 6) is 0.988. The largest absolute Gasteiger partial charge is 0.458 e. The van der Waals surface area contributed by atoms with Crippen LogP contribution in [0.15, 0.2) is 205 Å².